The van der Waals surface area contributed by atoms with Crippen LogP contribution in [0.1, 0.15) is 37.0 Å². The summed E-state index contributed by atoms with van der Waals surface area (Å²) >= 11 is 0. The third-order valence-electron chi connectivity index (χ3n) is 7.70. The third-order valence-corrected chi connectivity index (χ3v) is 7.70. The molecule has 0 bridgehead atoms. The highest BCUT2D eigenvalue weighted by Crippen LogP contribution is 2.48. The van der Waals surface area contributed by atoms with Crippen LogP contribution in [0, 0.1) is 5.92 Å². The summed E-state index contributed by atoms with van der Waals surface area (Å²) in [4.78, 5) is 42.0. The van der Waals surface area contributed by atoms with Crippen LogP contribution in [0.3, 0.4) is 0 Å². The van der Waals surface area contributed by atoms with E-state index in [4.69, 9.17) is 0 Å². The van der Waals surface area contributed by atoms with Gasteiger partial charge in [0.05, 0.1) is 5.54 Å². The number of likely N-dealkylation sites (tertiary alicyclic amines) is 1. The Morgan fingerprint density at radius 2 is 1.34 bits per heavy atom. The minimum absolute atomic E-state index is 0.214. The van der Waals surface area contributed by atoms with E-state index in [9.17, 15) is 19.5 Å². The number of nitrogens with one attached hydrogen (secondary N) is 1. The SMILES string of the molecule is CC(C)C(C(=O)O)N1CC[C@@H](NC(=O)C2C[N@@]2C(c2ccccc2)(c2ccccc2)c2ccccc2)C1=O. The Labute approximate surface area is 223 Å². The largest absolute Gasteiger partial charge is 0.480 e. The summed E-state index contributed by atoms with van der Waals surface area (Å²) in [5.41, 5.74) is 2.47. The Morgan fingerprint density at radius 1 is 0.868 bits per heavy atom. The highest BCUT2D eigenvalue weighted by molar-refractivity contribution is 5.94. The van der Waals surface area contributed by atoms with E-state index in [1.54, 1.807) is 13.8 Å². The molecule has 2 unspecified atom stereocenters. The van der Waals surface area contributed by atoms with Crippen molar-refractivity contribution in [2.24, 2.45) is 5.92 Å². The summed E-state index contributed by atoms with van der Waals surface area (Å²) in [7, 11) is 0. The molecule has 0 aromatic heterocycles. The van der Waals surface area contributed by atoms with Crippen LogP contribution in [-0.4, -0.2) is 63.9 Å². The quantitative estimate of drug-likeness (QED) is 0.339. The van der Waals surface area contributed by atoms with Crippen molar-refractivity contribution in [3.63, 3.8) is 0 Å². The Balaban J connectivity index is 1.44. The molecular weight excluding hydrogens is 478 g/mol. The zero-order chi connectivity index (χ0) is 26.9. The fourth-order valence-electron chi connectivity index (χ4n) is 5.93. The first-order chi connectivity index (χ1) is 18.4. The van der Waals surface area contributed by atoms with Crippen LogP contribution in [0.2, 0.25) is 0 Å². The van der Waals surface area contributed by atoms with E-state index >= 15 is 0 Å². The van der Waals surface area contributed by atoms with Gasteiger partial charge in [0.2, 0.25) is 11.8 Å². The number of hydrogen-bond donors (Lipinski definition) is 2. The van der Waals surface area contributed by atoms with E-state index < -0.39 is 29.6 Å². The van der Waals surface area contributed by atoms with Crippen molar-refractivity contribution in [2.75, 3.05) is 13.1 Å². The minimum Gasteiger partial charge on any atom is -0.480 e. The van der Waals surface area contributed by atoms with E-state index in [0.29, 0.717) is 19.5 Å². The zero-order valence-corrected chi connectivity index (χ0v) is 21.7. The number of carbonyl (C=O) groups is 3. The molecule has 2 fully saturated rings. The standard InChI is InChI=1S/C31H33N3O4/c1-21(2)27(30(37)38)33-19-18-25(29(33)36)32-28(35)26-20-34(26)31(22-12-6-3-7-13-22,23-14-8-4-9-15-23)24-16-10-5-11-17-24/h3-17,21,25-27H,18-20H2,1-2H3,(H,32,35)(H,37,38)/t25-,26?,27?,34-/m1/s1. The lowest BCUT2D eigenvalue weighted by Crippen LogP contribution is -2.50. The molecule has 0 radical (unpaired) electrons. The van der Waals surface area contributed by atoms with E-state index in [0.717, 1.165) is 16.7 Å². The second kappa shape index (κ2) is 10.4. The second-order valence-electron chi connectivity index (χ2n) is 10.4. The van der Waals surface area contributed by atoms with E-state index in [1.807, 2.05) is 54.6 Å². The van der Waals surface area contributed by atoms with Crippen LogP contribution >= 0.6 is 0 Å². The lowest BCUT2D eigenvalue weighted by Gasteiger charge is -2.38. The van der Waals surface area contributed by atoms with Crippen molar-refractivity contribution >= 4 is 17.8 Å². The molecule has 0 aliphatic carbocycles. The van der Waals surface area contributed by atoms with Gasteiger partial charge in [0.25, 0.3) is 0 Å². The number of carboxylic acid groups (broad SMARTS) is 1. The van der Waals surface area contributed by atoms with Crippen molar-refractivity contribution in [3.8, 4) is 0 Å². The Hall–Kier alpha value is -3.97. The molecule has 3 aromatic carbocycles. The smallest absolute Gasteiger partial charge is 0.326 e. The molecule has 4 atom stereocenters. The van der Waals surface area contributed by atoms with Gasteiger partial charge in [0.15, 0.2) is 0 Å². The zero-order valence-electron chi connectivity index (χ0n) is 21.7. The van der Waals surface area contributed by atoms with Gasteiger partial charge >= 0.3 is 5.97 Å². The molecule has 0 spiro atoms. The maximum atomic E-state index is 13.6. The molecule has 2 aliphatic rings. The molecular formula is C31H33N3O4. The molecule has 3 aromatic rings. The molecule has 7 heteroatoms. The maximum absolute atomic E-state index is 13.6. The predicted octanol–water partition coefficient (Wildman–Crippen LogP) is 3.49. The third kappa shape index (κ3) is 4.47. The molecule has 2 heterocycles. The molecule has 2 amide bonds. The highest BCUT2D eigenvalue weighted by Gasteiger charge is 2.56. The average molecular weight is 512 g/mol. The van der Waals surface area contributed by atoms with Crippen LogP contribution < -0.4 is 5.32 Å². The van der Waals surface area contributed by atoms with Gasteiger partial charge in [-0.1, -0.05) is 105 Å². The van der Waals surface area contributed by atoms with Gasteiger partial charge < -0.3 is 15.3 Å². The monoisotopic (exact) mass is 511 g/mol. The molecule has 2 aliphatic heterocycles. The van der Waals surface area contributed by atoms with Crippen LogP contribution in [0.25, 0.3) is 0 Å². The van der Waals surface area contributed by atoms with Crippen molar-refractivity contribution in [1.29, 1.82) is 0 Å². The summed E-state index contributed by atoms with van der Waals surface area (Å²) in [5, 5.41) is 12.6. The van der Waals surface area contributed by atoms with E-state index in [-0.39, 0.29) is 17.7 Å². The Kier molecular flexibility index (Phi) is 7.04. The molecule has 196 valence electrons. The van der Waals surface area contributed by atoms with Gasteiger partial charge in [-0.2, -0.15) is 0 Å². The number of rotatable bonds is 9. The average Bonchev–Trinajstić information content (AvgIpc) is 3.66. The molecule has 0 saturated carbocycles. The number of amides is 2. The first kappa shape index (κ1) is 25.7. The van der Waals surface area contributed by atoms with Crippen LogP contribution in [0.15, 0.2) is 91.0 Å². The minimum atomic E-state index is -1.02. The lowest BCUT2D eigenvalue weighted by atomic mass is 9.76. The van der Waals surface area contributed by atoms with E-state index in [1.165, 1.54) is 4.90 Å². The van der Waals surface area contributed by atoms with Crippen molar-refractivity contribution in [3.05, 3.63) is 108 Å². The van der Waals surface area contributed by atoms with Gasteiger partial charge in [0.1, 0.15) is 18.1 Å². The Bertz CT molecular complexity index is 1200. The number of nitrogens with zero attached hydrogens (tertiary/aromatic N) is 2. The molecule has 2 saturated heterocycles. The van der Waals surface area contributed by atoms with Gasteiger partial charge in [-0.15, -0.1) is 0 Å². The second-order valence-corrected chi connectivity index (χ2v) is 10.4. The van der Waals surface area contributed by atoms with Crippen molar-refractivity contribution < 1.29 is 19.5 Å². The maximum Gasteiger partial charge on any atom is 0.326 e. The van der Waals surface area contributed by atoms with Crippen LogP contribution in [-0.2, 0) is 19.9 Å². The van der Waals surface area contributed by atoms with Gasteiger partial charge in [0, 0.05) is 13.1 Å². The van der Waals surface area contributed by atoms with E-state index in [2.05, 4.69) is 46.6 Å². The molecule has 7 nitrogen and oxygen atoms in total. The first-order valence-corrected chi connectivity index (χ1v) is 13.1. The predicted molar refractivity (Wildman–Crippen MR) is 144 cm³/mol. The van der Waals surface area contributed by atoms with Gasteiger partial charge in [-0.25, -0.2) is 4.79 Å². The molecule has 5 rings (SSSR count). The first-order valence-electron chi connectivity index (χ1n) is 13.1. The lowest BCUT2D eigenvalue weighted by molar-refractivity contribution is -0.150. The van der Waals surface area contributed by atoms with Gasteiger partial charge in [-0.3, -0.25) is 14.5 Å². The topological polar surface area (TPSA) is 89.7 Å². The summed E-state index contributed by atoms with van der Waals surface area (Å²) in [5.74, 6) is -1.79. The highest BCUT2D eigenvalue weighted by atomic mass is 16.4. The number of aliphatic carboxylic acids is 1. The fraction of sp³-hybridized carbons (Fsp3) is 0.323. The van der Waals surface area contributed by atoms with Crippen LogP contribution in [0.5, 0.6) is 0 Å². The number of carboxylic acids is 1. The van der Waals surface area contributed by atoms with Gasteiger partial charge in [-0.05, 0) is 29.0 Å². The number of hydrogen-bond acceptors (Lipinski definition) is 4. The fourth-order valence-corrected chi connectivity index (χ4v) is 5.93. The number of carbonyl (C=O) groups excluding carboxylic acids is 2. The number of benzene rings is 3. The van der Waals surface area contributed by atoms with Crippen LogP contribution in [0.4, 0.5) is 0 Å². The summed E-state index contributed by atoms with van der Waals surface area (Å²) < 4.78 is 0. The summed E-state index contributed by atoms with van der Waals surface area (Å²) in [6.45, 7) is 4.42. The van der Waals surface area contributed by atoms with Crippen molar-refractivity contribution in [2.45, 2.75) is 43.9 Å². The normalized spacial score (nSPS) is 21.8. The summed E-state index contributed by atoms with van der Waals surface area (Å²) in [6.07, 6.45) is 0.398. The molecule has 2 N–H and O–H groups in total. The molecule has 38 heavy (non-hydrogen) atoms. The Morgan fingerprint density at radius 3 is 1.76 bits per heavy atom. The van der Waals surface area contributed by atoms with Crippen molar-refractivity contribution in [1.82, 2.24) is 15.1 Å². The summed E-state index contributed by atoms with van der Waals surface area (Å²) in [6, 6.07) is 28.5.